The average molecular weight is 428 g/mol. The number of nitrogens with zero attached hydrogens (tertiary/aromatic N) is 2. The van der Waals surface area contributed by atoms with Crippen LogP contribution in [0, 0.1) is 0 Å². The lowest BCUT2D eigenvalue weighted by Gasteiger charge is -2.05. The van der Waals surface area contributed by atoms with E-state index in [1.54, 1.807) is 0 Å². The minimum atomic E-state index is -2.94. The largest absolute Gasteiger partial charge is 0.435 e. The Labute approximate surface area is 165 Å². The SMILES string of the molecule is O=C(CSc1nnc(-c2ccc(OC(F)F)cc2)o1)c1ccc(OC(F)F)cc1. The zero-order valence-electron chi connectivity index (χ0n) is 14.4. The van der Waals surface area contributed by atoms with Gasteiger partial charge < -0.3 is 13.9 Å². The van der Waals surface area contributed by atoms with Crippen molar-refractivity contribution < 1.29 is 36.2 Å². The molecule has 0 saturated heterocycles. The van der Waals surface area contributed by atoms with Crippen LogP contribution < -0.4 is 9.47 Å². The van der Waals surface area contributed by atoms with E-state index in [0.717, 1.165) is 11.8 Å². The van der Waals surface area contributed by atoms with Gasteiger partial charge in [-0.3, -0.25) is 4.79 Å². The molecular weight excluding hydrogens is 416 g/mol. The molecule has 0 aliphatic heterocycles. The molecule has 6 nitrogen and oxygen atoms in total. The van der Waals surface area contributed by atoms with Crippen molar-refractivity contribution in [1.82, 2.24) is 10.2 Å². The average Bonchev–Trinajstić information content (AvgIpc) is 3.15. The van der Waals surface area contributed by atoms with Crippen LogP contribution >= 0.6 is 11.8 Å². The Morgan fingerprint density at radius 3 is 2.00 bits per heavy atom. The third-order valence-electron chi connectivity index (χ3n) is 3.46. The van der Waals surface area contributed by atoms with Gasteiger partial charge in [-0.15, -0.1) is 10.2 Å². The molecule has 0 saturated carbocycles. The molecule has 2 aromatic carbocycles. The van der Waals surface area contributed by atoms with Gasteiger partial charge in [0.25, 0.3) is 5.22 Å². The molecule has 29 heavy (non-hydrogen) atoms. The molecule has 0 radical (unpaired) electrons. The number of hydrogen-bond acceptors (Lipinski definition) is 7. The summed E-state index contributed by atoms with van der Waals surface area (Å²) in [7, 11) is 0. The number of alkyl halides is 4. The van der Waals surface area contributed by atoms with E-state index in [1.807, 2.05) is 0 Å². The minimum absolute atomic E-state index is 0.00608. The van der Waals surface area contributed by atoms with Gasteiger partial charge in [-0.2, -0.15) is 17.6 Å². The van der Waals surface area contributed by atoms with Crippen molar-refractivity contribution in [2.24, 2.45) is 0 Å². The van der Waals surface area contributed by atoms with Gasteiger partial charge in [0.05, 0.1) is 5.75 Å². The van der Waals surface area contributed by atoms with Crippen molar-refractivity contribution >= 4 is 17.5 Å². The van der Waals surface area contributed by atoms with Gasteiger partial charge in [0, 0.05) is 11.1 Å². The summed E-state index contributed by atoms with van der Waals surface area (Å²) in [5.74, 6) is -0.189. The summed E-state index contributed by atoms with van der Waals surface area (Å²) in [6.07, 6.45) is 0. The fourth-order valence-corrected chi connectivity index (χ4v) is 2.85. The monoisotopic (exact) mass is 428 g/mol. The number of hydrogen-bond donors (Lipinski definition) is 0. The molecule has 0 amide bonds. The smallest absolute Gasteiger partial charge is 0.387 e. The van der Waals surface area contributed by atoms with Crippen molar-refractivity contribution in [3.8, 4) is 23.0 Å². The Bertz CT molecular complexity index is 949. The van der Waals surface area contributed by atoms with Gasteiger partial charge in [-0.1, -0.05) is 11.8 Å². The predicted molar refractivity (Wildman–Crippen MR) is 94.5 cm³/mol. The molecule has 0 N–H and O–H groups in total. The topological polar surface area (TPSA) is 74.5 Å². The molecule has 3 rings (SSSR count). The Balaban J connectivity index is 1.56. The summed E-state index contributed by atoms with van der Waals surface area (Å²) in [5.41, 5.74) is 0.806. The lowest BCUT2D eigenvalue weighted by atomic mass is 10.1. The maximum absolute atomic E-state index is 12.2. The van der Waals surface area contributed by atoms with Gasteiger partial charge in [0.15, 0.2) is 5.78 Å². The molecule has 11 heteroatoms. The lowest BCUT2D eigenvalue weighted by Crippen LogP contribution is -2.04. The summed E-state index contributed by atoms with van der Waals surface area (Å²) >= 11 is 1.00. The first kappa shape index (κ1) is 20.6. The highest BCUT2D eigenvalue weighted by molar-refractivity contribution is 7.99. The van der Waals surface area contributed by atoms with Gasteiger partial charge in [0.1, 0.15) is 11.5 Å². The molecule has 152 valence electrons. The van der Waals surface area contributed by atoms with Gasteiger partial charge in [0.2, 0.25) is 5.89 Å². The summed E-state index contributed by atoms with van der Waals surface area (Å²) in [4.78, 5) is 12.2. The third-order valence-corrected chi connectivity index (χ3v) is 4.28. The highest BCUT2D eigenvalue weighted by atomic mass is 32.2. The number of Topliss-reactive ketones (excluding diaryl/α,β-unsaturated/α-hetero) is 1. The Morgan fingerprint density at radius 1 is 0.897 bits per heavy atom. The van der Waals surface area contributed by atoms with Crippen molar-refractivity contribution in [1.29, 1.82) is 0 Å². The first-order chi connectivity index (χ1) is 13.9. The van der Waals surface area contributed by atoms with E-state index in [1.165, 1.54) is 48.5 Å². The van der Waals surface area contributed by atoms with E-state index in [0.29, 0.717) is 11.1 Å². The molecule has 0 aliphatic carbocycles. The van der Waals surface area contributed by atoms with Crippen LogP contribution in [0.3, 0.4) is 0 Å². The normalized spacial score (nSPS) is 11.1. The van der Waals surface area contributed by atoms with E-state index in [9.17, 15) is 22.4 Å². The number of carbonyl (C=O) groups excluding carboxylic acids is 1. The number of ketones is 1. The van der Waals surface area contributed by atoms with Crippen molar-refractivity contribution in [3.05, 3.63) is 54.1 Å². The van der Waals surface area contributed by atoms with Crippen LogP contribution in [0.4, 0.5) is 17.6 Å². The van der Waals surface area contributed by atoms with Crippen LogP contribution in [0.5, 0.6) is 11.5 Å². The van der Waals surface area contributed by atoms with Crippen molar-refractivity contribution in [2.75, 3.05) is 5.75 Å². The fraction of sp³-hybridized carbons (Fsp3) is 0.167. The number of thioether (sulfide) groups is 1. The molecule has 0 spiro atoms. The summed E-state index contributed by atoms with van der Waals surface area (Å²) < 4.78 is 62.5. The third kappa shape index (κ3) is 5.95. The highest BCUT2D eigenvalue weighted by Gasteiger charge is 2.14. The van der Waals surface area contributed by atoms with E-state index in [-0.39, 0.29) is 34.1 Å². The summed E-state index contributed by atoms with van der Waals surface area (Å²) in [5, 5.41) is 7.79. The number of aromatic nitrogens is 2. The van der Waals surface area contributed by atoms with Gasteiger partial charge in [-0.05, 0) is 48.5 Å². The fourth-order valence-electron chi connectivity index (χ4n) is 2.20. The lowest BCUT2D eigenvalue weighted by molar-refractivity contribution is -0.0505. The molecule has 1 heterocycles. The second-order valence-electron chi connectivity index (χ2n) is 5.39. The number of halogens is 4. The summed E-state index contributed by atoms with van der Waals surface area (Å²) in [6, 6.07) is 10.9. The molecule has 0 atom stereocenters. The van der Waals surface area contributed by atoms with Gasteiger partial charge in [-0.25, -0.2) is 0 Å². The van der Waals surface area contributed by atoms with Crippen molar-refractivity contribution in [3.63, 3.8) is 0 Å². The van der Waals surface area contributed by atoms with E-state index in [2.05, 4.69) is 19.7 Å². The second-order valence-corrected chi connectivity index (χ2v) is 6.32. The number of ether oxygens (including phenoxy) is 2. The van der Waals surface area contributed by atoms with E-state index < -0.39 is 13.2 Å². The highest BCUT2D eigenvalue weighted by Crippen LogP contribution is 2.26. The predicted octanol–water partition coefficient (Wildman–Crippen LogP) is 4.91. The maximum atomic E-state index is 12.2. The summed E-state index contributed by atoms with van der Waals surface area (Å²) in [6.45, 7) is -5.86. The minimum Gasteiger partial charge on any atom is -0.435 e. The molecular formula is C18H12F4N2O4S. The zero-order valence-corrected chi connectivity index (χ0v) is 15.2. The number of benzene rings is 2. The van der Waals surface area contributed by atoms with Crippen molar-refractivity contribution in [2.45, 2.75) is 18.4 Å². The van der Waals surface area contributed by atoms with Crippen LogP contribution in [0.1, 0.15) is 10.4 Å². The first-order valence-corrected chi connectivity index (χ1v) is 8.99. The van der Waals surface area contributed by atoms with Crippen LogP contribution in [0.2, 0.25) is 0 Å². The van der Waals surface area contributed by atoms with E-state index in [4.69, 9.17) is 4.42 Å². The molecule has 0 fully saturated rings. The van der Waals surface area contributed by atoms with Crippen LogP contribution in [0.25, 0.3) is 11.5 Å². The molecule has 0 aliphatic rings. The maximum Gasteiger partial charge on any atom is 0.387 e. The number of rotatable bonds is 9. The standard InChI is InChI=1S/C18H12F4N2O4S/c19-16(20)26-12-5-1-10(2-6-12)14(25)9-29-18-24-23-15(28-18)11-3-7-13(8-4-11)27-17(21)22/h1-8,16-17H,9H2. The van der Waals surface area contributed by atoms with Crippen LogP contribution in [0.15, 0.2) is 58.2 Å². The van der Waals surface area contributed by atoms with Crippen LogP contribution in [-0.2, 0) is 0 Å². The van der Waals surface area contributed by atoms with Gasteiger partial charge >= 0.3 is 13.2 Å². The zero-order chi connectivity index (χ0) is 20.8. The quantitative estimate of drug-likeness (QED) is 0.272. The Hall–Kier alpha value is -3.08. The molecule has 3 aromatic rings. The Morgan fingerprint density at radius 2 is 1.45 bits per heavy atom. The second kappa shape index (κ2) is 9.41. The first-order valence-electron chi connectivity index (χ1n) is 8.00. The number of carbonyl (C=O) groups is 1. The Kier molecular flexibility index (Phi) is 6.70. The molecule has 1 aromatic heterocycles. The van der Waals surface area contributed by atoms with Crippen LogP contribution in [-0.4, -0.2) is 35.0 Å². The molecule has 0 bridgehead atoms. The molecule has 0 unspecified atom stereocenters. The van der Waals surface area contributed by atoms with E-state index >= 15 is 0 Å².